The quantitative estimate of drug-likeness (QED) is 0.753. The second-order valence-electron chi connectivity index (χ2n) is 3.21. The average molecular weight is 210 g/mol. The monoisotopic (exact) mass is 210 g/mol. The molecule has 0 bridgehead atoms. The van der Waals surface area contributed by atoms with Crippen molar-refractivity contribution in [1.29, 1.82) is 0 Å². The van der Waals surface area contributed by atoms with Crippen LogP contribution in [0.1, 0.15) is 31.1 Å². The van der Waals surface area contributed by atoms with Gasteiger partial charge in [-0.3, -0.25) is 4.98 Å². The van der Waals surface area contributed by atoms with Crippen LogP contribution in [0.15, 0.2) is 24.5 Å². The first-order valence-electron chi connectivity index (χ1n) is 4.90. The molecule has 1 rings (SSSR count). The summed E-state index contributed by atoms with van der Waals surface area (Å²) in [6.07, 6.45) is 3.10. The van der Waals surface area contributed by atoms with Crippen LogP contribution in [0.3, 0.4) is 0 Å². The first-order valence-corrected chi connectivity index (χ1v) is 4.90. The van der Waals surface area contributed by atoms with Crippen molar-refractivity contribution in [3.63, 3.8) is 0 Å². The highest BCUT2D eigenvalue weighted by molar-refractivity contribution is 5.88. The van der Waals surface area contributed by atoms with Gasteiger partial charge < -0.3 is 10.5 Å². The number of hydrogen-bond donors (Lipinski definition) is 1. The third kappa shape index (κ3) is 7.64. The van der Waals surface area contributed by atoms with Gasteiger partial charge in [-0.15, -0.1) is 0 Å². The Hall–Kier alpha value is -1.42. The highest BCUT2D eigenvalue weighted by atomic mass is 16.5. The maximum atomic E-state index is 11.0. The summed E-state index contributed by atoms with van der Waals surface area (Å²) in [5, 5.41) is 0. The number of pyridine rings is 1. The molecule has 1 heterocycles. The van der Waals surface area contributed by atoms with E-state index in [1.807, 2.05) is 13.8 Å². The van der Waals surface area contributed by atoms with E-state index in [-0.39, 0.29) is 5.97 Å². The van der Waals surface area contributed by atoms with Gasteiger partial charge in [0.1, 0.15) is 0 Å². The molecule has 15 heavy (non-hydrogen) atoms. The average Bonchev–Trinajstić information content (AvgIpc) is 2.19. The van der Waals surface area contributed by atoms with Gasteiger partial charge in [-0.2, -0.15) is 0 Å². The summed E-state index contributed by atoms with van der Waals surface area (Å²) in [6.45, 7) is 6.06. The van der Waals surface area contributed by atoms with E-state index in [2.05, 4.69) is 4.98 Å². The molecule has 0 saturated carbocycles. The smallest absolute Gasteiger partial charge is 0.339 e. The molecule has 0 atom stereocenters. The van der Waals surface area contributed by atoms with E-state index in [0.717, 1.165) is 0 Å². The molecule has 0 aliphatic carbocycles. The Balaban J connectivity index is 0.000000423. The Morgan fingerprint density at radius 2 is 2.20 bits per heavy atom. The lowest BCUT2D eigenvalue weighted by Crippen LogP contribution is -2.06. The first-order chi connectivity index (χ1) is 7.07. The summed E-state index contributed by atoms with van der Waals surface area (Å²) >= 11 is 0. The Morgan fingerprint density at radius 3 is 2.60 bits per heavy atom. The van der Waals surface area contributed by atoms with Crippen LogP contribution >= 0.6 is 0 Å². The van der Waals surface area contributed by atoms with E-state index >= 15 is 0 Å². The van der Waals surface area contributed by atoms with E-state index in [1.165, 1.54) is 6.20 Å². The Labute approximate surface area is 90.5 Å². The standard InChI is InChI=1S/C8H9NO2.C3H9N/c1-2-11-8(10)7-4-3-5-9-6-7;1-3(2)4/h3-6H,2H2,1H3;3H,4H2,1-2H3. The molecule has 0 aromatic carbocycles. The van der Waals surface area contributed by atoms with Crippen molar-refractivity contribution >= 4 is 5.97 Å². The highest BCUT2D eigenvalue weighted by Crippen LogP contribution is 1.97. The van der Waals surface area contributed by atoms with Gasteiger partial charge in [0.15, 0.2) is 0 Å². The van der Waals surface area contributed by atoms with Gasteiger partial charge in [0.2, 0.25) is 0 Å². The molecule has 1 aromatic heterocycles. The molecule has 0 fully saturated rings. The number of hydrogen-bond acceptors (Lipinski definition) is 4. The van der Waals surface area contributed by atoms with Gasteiger partial charge in [0.05, 0.1) is 12.2 Å². The largest absolute Gasteiger partial charge is 0.462 e. The first kappa shape index (κ1) is 13.6. The minimum atomic E-state index is -0.319. The van der Waals surface area contributed by atoms with Crippen LogP contribution in [-0.4, -0.2) is 23.6 Å². The van der Waals surface area contributed by atoms with E-state index < -0.39 is 0 Å². The maximum Gasteiger partial charge on any atom is 0.339 e. The summed E-state index contributed by atoms with van der Waals surface area (Å²) in [6, 6.07) is 3.71. The van der Waals surface area contributed by atoms with Crippen molar-refractivity contribution in [3.8, 4) is 0 Å². The van der Waals surface area contributed by atoms with E-state index in [1.54, 1.807) is 25.3 Å². The van der Waals surface area contributed by atoms with Gasteiger partial charge in [-0.25, -0.2) is 4.79 Å². The predicted molar refractivity (Wildman–Crippen MR) is 59.5 cm³/mol. The van der Waals surface area contributed by atoms with E-state index in [0.29, 0.717) is 18.2 Å². The SMILES string of the molecule is CC(C)N.CCOC(=O)c1cccnc1. The van der Waals surface area contributed by atoms with Crippen LogP contribution in [0.25, 0.3) is 0 Å². The topological polar surface area (TPSA) is 65.2 Å². The van der Waals surface area contributed by atoms with Crippen LogP contribution in [0.4, 0.5) is 0 Å². The van der Waals surface area contributed by atoms with Gasteiger partial charge in [0.25, 0.3) is 0 Å². The van der Waals surface area contributed by atoms with Crippen molar-refractivity contribution < 1.29 is 9.53 Å². The molecule has 0 amide bonds. The van der Waals surface area contributed by atoms with Crippen LogP contribution < -0.4 is 5.73 Å². The number of aromatic nitrogens is 1. The molecule has 4 heteroatoms. The molecule has 0 aliphatic rings. The number of esters is 1. The lowest BCUT2D eigenvalue weighted by Gasteiger charge is -1.98. The Bertz CT molecular complexity index is 270. The number of carbonyl (C=O) groups excluding carboxylic acids is 1. The van der Waals surface area contributed by atoms with Gasteiger partial charge in [-0.05, 0) is 25.1 Å². The molecule has 0 unspecified atom stereocenters. The lowest BCUT2D eigenvalue weighted by molar-refractivity contribution is 0.0526. The van der Waals surface area contributed by atoms with E-state index in [4.69, 9.17) is 10.5 Å². The molecule has 4 nitrogen and oxygen atoms in total. The fourth-order valence-electron chi connectivity index (χ4n) is 0.698. The molecular formula is C11H18N2O2. The lowest BCUT2D eigenvalue weighted by atomic mass is 10.3. The number of rotatable bonds is 2. The summed E-state index contributed by atoms with van der Waals surface area (Å²) in [5.41, 5.74) is 5.61. The molecule has 0 saturated heterocycles. The number of ether oxygens (including phenoxy) is 1. The van der Waals surface area contributed by atoms with Crippen molar-refractivity contribution in [2.75, 3.05) is 6.61 Å². The van der Waals surface area contributed by atoms with Gasteiger partial charge >= 0.3 is 5.97 Å². The number of carbonyl (C=O) groups is 1. The third-order valence-electron chi connectivity index (χ3n) is 1.17. The van der Waals surface area contributed by atoms with Crippen LogP contribution in [0.2, 0.25) is 0 Å². The number of nitrogens with two attached hydrogens (primary N) is 1. The van der Waals surface area contributed by atoms with Crippen LogP contribution in [-0.2, 0) is 4.74 Å². The minimum Gasteiger partial charge on any atom is -0.462 e. The molecule has 84 valence electrons. The summed E-state index contributed by atoms with van der Waals surface area (Å²) in [5.74, 6) is -0.319. The van der Waals surface area contributed by atoms with Crippen LogP contribution in [0.5, 0.6) is 0 Å². The second kappa shape index (κ2) is 7.94. The fraction of sp³-hybridized carbons (Fsp3) is 0.455. The zero-order chi connectivity index (χ0) is 11.7. The molecular weight excluding hydrogens is 192 g/mol. The zero-order valence-corrected chi connectivity index (χ0v) is 9.43. The van der Waals surface area contributed by atoms with E-state index in [9.17, 15) is 4.79 Å². The summed E-state index contributed by atoms with van der Waals surface area (Å²) < 4.78 is 4.75. The molecule has 0 aliphatic heterocycles. The zero-order valence-electron chi connectivity index (χ0n) is 9.43. The maximum absolute atomic E-state index is 11.0. The predicted octanol–water partition coefficient (Wildman–Crippen LogP) is 1.61. The van der Waals surface area contributed by atoms with Crippen molar-refractivity contribution in [1.82, 2.24) is 4.98 Å². The van der Waals surface area contributed by atoms with Crippen molar-refractivity contribution in [2.45, 2.75) is 26.8 Å². The molecule has 1 aromatic rings. The molecule has 0 radical (unpaired) electrons. The number of nitrogens with zero attached hydrogens (tertiary/aromatic N) is 1. The Kier molecular flexibility index (Phi) is 7.18. The van der Waals surface area contributed by atoms with Crippen LogP contribution in [0, 0.1) is 0 Å². The molecule has 0 spiro atoms. The minimum absolute atomic E-state index is 0.319. The molecule has 2 N–H and O–H groups in total. The van der Waals surface area contributed by atoms with Crippen molar-refractivity contribution in [2.24, 2.45) is 5.73 Å². The van der Waals surface area contributed by atoms with Gasteiger partial charge in [-0.1, -0.05) is 13.8 Å². The highest BCUT2D eigenvalue weighted by Gasteiger charge is 2.03. The Morgan fingerprint density at radius 1 is 1.60 bits per heavy atom. The third-order valence-corrected chi connectivity index (χ3v) is 1.17. The van der Waals surface area contributed by atoms with Crippen molar-refractivity contribution in [3.05, 3.63) is 30.1 Å². The second-order valence-corrected chi connectivity index (χ2v) is 3.21. The normalized spacial score (nSPS) is 9.13. The summed E-state index contributed by atoms with van der Waals surface area (Å²) in [7, 11) is 0. The fourth-order valence-corrected chi connectivity index (χ4v) is 0.698. The summed E-state index contributed by atoms with van der Waals surface area (Å²) in [4.78, 5) is 14.8. The van der Waals surface area contributed by atoms with Gasteiger partial charge in [0, 0.05) is 12.4 Å².